The molecule has 6 nitrogen and oxygen atoms in total. The van der Waals surface area contributed by atoms with Crippen molar-refractivity contribution in [1.82, 2.24) is 5.32 Å². The quantitative estimate of drug-likeness (QED) is 0.860. The van der Waals surface area contributed by atoms with Crippen molar-refractivity contribution in [1.29, 1.82) is 0 Å². The molecule has 0 spiro atoms. The highest BCUT2D eigenvalue weighted by atomic mass is 35.5. The van der Waals surface area contributed by atoms with Gasteiger partial charge in [-0.1, -0.05) is 0 Å². The zero-order chi connectivity index (χ0) is 14.4. The number of methoxy groups -OCH3 is 1. The Bertz CT molecular complexity index is 464. The molecule has 2 rings (SSSR count). The number of halogens is 1. The van der Waals surface area contributed by atoms with Crippen LogP contribution in [0.1, 0.15) is 6.92 Å². The monoisotopic (exact) mass is 316 g/mol. The van der Waals surface area contributed by atoms with Crippen LogP contribution < -0.4 is 20.1 Å². The summed E-state index contributed by atoms with van der Waals surface area (Å²) in [6.07, 6.45) is 0. The van der Waals surface area contributed by atoms with Crippen LogP contribution in [0, 0.1) is 0 Å². The Kier molecular flexibility index (Phi) is 7.28. The van der Waals surface area contributed by atoms with E-state index in [9.17, 15) is 4.79 Å². The fourth-order valence-corrected chi connectivity index (χ4v) is 1.99. The maximum Gasteiger partial charge on any atom is 0.243 e. The van der Waals surface area contributed by atoms with Gasteiger partial charge in [-0.2, -0.15) is 0 Å². The van der Waals surface area contributed by atoms with Gasteiger partial charge in [0.15, 0.2) is 11.5 Å². The number of hydrogen-bond acceptors (Lipinski definition) is 5. The van der Waals surface area contributed by atoms with Gasteiger partial charge in [-0.25, -0.2) is 0 Å². The lowest BCUT2D eigenvalue weighted by molar-refractivity contribution is -0.120. The van der Waals surface area contributed by atoms with Gasteiger partial charge in [0.05, 0.1) is 26.9 Å². The van der Waals surface area contributed by atoms with Crippen molar-refractivity contribution in [3.8, 4) is 11.5 Å². The normalized spacial score (nSPS) is 17.5. The minimum atomic E-state index is -0.318. The van der Waals surface area contributed by atoms with Crippen LogP contribution in [0.4, 0.5) is 5.69 Å². The molecule has 118 valence electrons. The number of amides is 1. The fraction of sp³-hybridized carbons (Fsp3) is 0.500. The van der Waals surface area contributed by atoms with Gasteiger partial charge in [-0.05, 0) is 19.1 Å². The molecule has 0 radical (unpaired) electrons. The van der Waals surface area contributed by atoms with E-state index in [1.165, 1.54) is 0 Å². The molecule has 1 aromatic rings. The van der Waals surface area contributed by atoms with E-state index in [4.69, 9.17) is 14.2 Å². The van der Waals surface area contributed by atoms with E-state index in [-0.39, 0.29) is 24.4 Å². The predicted octanol–water partition coefficient (Wildman–Crippen LogP) is 1.44. The van der Waals surface area contributed by atoms with Crippen molar-refractivity contribution in [2.75, 3.05) is 38.8 Å². The minimum absolute atomic E-state index is 0. The Balaban J connectivity index is 0.00000220. The van der Waals surface area contributed by atoms with Gasteiger partial charge in [-0.3, -0.25) is 4.79 Å². The summed E-state index contributed by atoms with van der Waals surface area (Å²) >= 11 is 0. The average molecular weight is 317 g/mol. The molecule has 2 N–H and O–H groups in total. The van der Waals surface area contributed by atoms with Crippen LogP contribution in [0.15, 0.2) is 18.2 Å². The van der Waals surface area contributed by atoms with Crippen molar-refractivity contribution < 1.29 is 19.0 Å². The maximum absolute atomic E-state index is 12.1. The molecule has 0 aromatic heterocycles. The Morgan fingerprint density at radius 2 is 2.29 bits per heavy atom. The molecule has 1 unspecified atom stereocenters. The van der Waals surface area contributed by atoms with Crippen LogP contribution in [0.5, 0.6) is 11.5 Å². The van der Waals surface area contributed by atoms with Gasteiger partial charge in [-0.15, -0.1) is 12.4 Å². The highest BCUT2D eigenvalue weighted by molar-refractivity contribution is 5.95. The highest BCUT2D eigenvalue weighted by Crippen LogP contribution is 2.30. The summed E-state index contributed by atoms with van der Waals surface area (Å²) in [5.74, 6) is 1.14. The van der Waals surface area contributed by atoms with Gasteiger partial charge in [0, 0.05) is 18.3 Å². The third kappa shape index (κ3) is 4.77. The van der Waals surface area contributed by atoms with Crippen LogP contribution in [-0.2, 0) is 9.53 Å². The SMILES string of the molecule is CCOc1cc(NC(=O)C2COCCN2)ccc1OC.Cl. The van der Waals surface area contributed by atoms with E-state index >= 15 is 0 Å². The van der Waals surface area contributed by atoms with Crippen molar-refractivity contribution in [3.63, 3.8) is 0 Å². The second kappa shape index (κ2) is 8.71. The number of benzene rings is 1. The molecule has 0 saturated carbocycles. The first-order valence-electron chi connectivity index (χ1n) is 6.67. The average Bonchev–Trinajstić information content (AvgIpc) is 2.49. The molecule has 1 heterocycles. The smallest absolute Gasteiger partial charge is 0.243 e. The zero-order valence-corrected chi connectivity index (χ0v) is 13.0. The van der Waals surface area contributed by atoms with Crippen LogP contribution in [0.3, 0.4) is 0 Å². The summed E-state index contributed by atoms with van der Waals surface area (Å²) in [5.41, 5.74) is 0.673. The molecule has 1 aromatic carbocycles. The third-order valence-corrected chi connectivity index (χ3v) is 2.97. The lowest BCUT2D eigenvalue weighted by Gasteiger charge is -2.23. The Morgan fingerprint density at radius 3 is 2.90 bits per heavy atom. The minimum Gasteiger partial charge on any atom is -0.493 e. The predicted molar refractivity (Wildman–Crippen MR) is 82.7 cm³/mol. The first-order valence-corrected chi connectivity index (χ1v) is 6.67. The van der Waals surface area contributed by atoms with Crippen molar-refractivity contribution in [2.24, 2.45) is 0 Å². The number of carbonyl (C=O) groups is 1. The van der Waals surface area contributed by atoms with Gasteiger partial charge < -0.3 is 24.8 Å². The molecule has 0 aliphatic carbocycles. The second-order valence-corrected chi connectivity index (χ2v) is 4.37. The topological polar surface area (TPSA) is 68.8 Å². The van der Waals surface area contributed by atoms with Crippen molar-refractivity contribution >= 4 is 24.0 Å². The summed E-state index contributed by atoms with van der Waals surface area (Å²) in [6.45, 7) is 4.14. The van der Waals surface area contributed by atoms with Crippen LogP contribution in [-0.4, -0.2) is 45.4 Å². The van der Waals surface area contributed by atoms with Crippen molar-refractivity contribution in [2.45, 2.75) is 13.0 Å². The third-order valence-electron chi connectivity index (χ3n) is 2.97. The maximum atomic E-state index is 12.1. The summed E-state index contributed by atoms with van der Waals surface area (Å²) in [6, 6.07) is 4.99. The molecule has 1 aliphatic heterocycles. The van der Waals surface area contributed by atoms with E-state index in [1.807, 2.05) is 6.92 Å². The van der Waals surface area contributed by atoms with Gasteiger partial charge >= 0.3 is 0 Å². The summed E-state index contributed by atoms with van der Waals surface area (Å²) < 4.78 is 16.0. The van der Waals surface area contributed by atoms with E-state index in [2.05, 4.69) is 10.6 Å². The van der Waals surface area contributed by atoms with Gasteiger partial charge in [0.1, 0.15) is 6.04 Å². The lowest BCUT2D eigenvalue weighted by atomic mass is 10.2. The molecule has 1 fully saturated rings. The summed E-state index contributed by atoms with van der Waals surface area (Å²) in [4.78, 5) is 12.1. The molecule has 1 amide bonds. The van der Waals surface area contributed by atoms with E-state index in [0.717, 1.165) is 0 Å². The Labute approximate surface area is 130 Å². The number of rotatable bonds is 5. The first kappa shape index (κ1) is 17.6. The number of hydrogen-bond donors (Lipinski definition) is 2. The van der Waals surface area contributed by atoms with Gasteiger partial charge in [0.25, 0.3) is 0 Å². The zero-order valence-electron chi connectivity index (χ0n) is 12.2. The number of nitrogens with one attached hydrogen (secondary N) is 2. The molecule has 1 saturated heterocycles. The second-order valence-electron chi connectivity index (χ2n) is 4.37. The molecule has 1 atom stereocenters. The molecule has 1 aliphatic rings. The Hall–Kier alpha value is -1.50. The molecular formula is C14H21ClN2O4. The molecule has 21 heavy (non-hydrogen) atoms. The van der Waals surface area contributed by atoms with Crippen LogP contribution in [0.2, 0.25) is 0 Å². The molecule has 0 bridgehead atoms. The standard InChI is InChI=1S/C14H20N2O4.ClH/c1-3-20-13-8-10(4-5-12(13)18-2)16-14(17)11-9-19-7-6-15-11;/h4-5,8,11,15H,3,6-7,9H2,1-2H3,(H,16,17);1H. The number of ether oxygens (including phenoxy) is 3. The first-order chi connectivity index (χ1) is 9.74. The van der Waals surface area contributed by atoms with Crippen LogP contribution in [0.25, 0.3) is 0 Å². The van der Waals surface area contributed by atoms with Gasteiger partial charge in [0.2, 0.25) is 5.91 Å². The lowest BCUT2D eigenvalue weighted by Crippen LogP contribution is -2.48. The van der Waals surface area contributed by atoms with E-state index in [0.29, 0.717) is 43.6 Å². The highest BCUT2D eigenvalue weighted by Gasteiger charge is 2.21. The summed E-state index contributed by atoms with van der Waals surface area (Å²) in [5, 5.41) is 5.95. The van der Waals surface area contributed by atoms with Crippen LogP contribution >= 0.6 is 12.4 Å². The molecule has 7 heteroatoms. The number of anilines is 1. The summed E-state index contributed by atoms with van der Waals surface area (Å²) in [7, 11) is 1.58. The van der Waals surface area contributed by atoms with E-state index < -0.39 is 0 Å². The number of carbonyl (C=O) groups excluding carboxylic acids is 1. The Morgan fingerprint density at radius 1 is 1.48 bits per heavy atom. The molecular weight excluding hydrogens is 296 g/mol. The largest absolute Gasteiger partial charge is 0.493 e. The number of morpholine rings is 1. The van der Waals surface area contributed by atoms with Crippen molar-refractivity contribution in [3.05, 3.63) is 18.2 Å². The van der Waals surface area contributed by atoms with E-state index in [1.54, 1.807) is 25.3 Å². The fourth-order valence-electron chi connectivity index (χ4n) is 1.99.